The number of hydrogen-bond acceptors (Lipinski definition) is 5. The van der Waals surface area contributed by atoms with E-state index in [0.717, 1.165) is 41.6 Å². The zero-order chi connectivity index (χ0) is 16.4. The van der Waals surface area contributed by atoms with Gasteiger partial charge in [0.2, 0.25) is 0 Å². The standard InChI is InChI=1S/C19H20N4S/c1-14-21-17(11-19(22-14)23-7-3-2-4-8-23)15-10-16(13-20-12-15)18-6-5-9-24-18/h5-6,9-13H,2-4,7-8H2,1H3. The van der Waals surface area contributed by atoms with Gasteiger partial charge in [0, 0.05) is 47.6 Å². The van der Waals surface area contributed by atoms with Gasteiger partial charge in [0.25, 0.3) is 0 Å². The van der Waals surface area contributed by atoms with Crippen molar-refractivity contribution in [3.8, 4) is 21.7 Å². The molecule has 122 valence electrons. The zero-order valence-electron chi connectivity index (χ0n) is 13.8. The maximum atomic E-state index is 4.65. The molecule has 4 heterocycles. The van der Waals surface area contributed by atoms with Gasteiger partial charge in [-0.2, -0.15) is 0 Å². The molecule has 0 aromatic carbocycles. The van der Waals surface area contributed by atoms with E-state index in [0.29, 0.717) is 0 Å². The van der Waals surface area contributed by atoms with Crippen LogP contribution in [0.25, 0.3) is 21.7 Å². The second kappa shape index (κ2) is 6.69. The summed E-state index contributed by atoms with van der Waals surface area (Å²) in [6, 6.07) is 8.46. The summed E-state index contributed by atoms with van der Waals surface area (Å²) in [7, 11) is 0. The van der Waals surface area contributed by atoms with Gasteiger partial charge in [-0.3, -0.25) is 4.98 Å². The van der Waals surface area contributed by atoms with E-state index in [1.54, 1.807) is 11.3 Å². The lowest BCUT2D eigenvalue weighted by atomic mass is 10.1. The van der Waals surface area contributed by atoms with Gasteiger partial charge in [-0.05, 0) is 43.7 Å². The summed E-state index contributed by atoms with van der Waals surface area (Å²) in [6.45, 7) is 4.14. The lowest BCUT2D eigenvalue weighted by Gasteiger charge is -2.28. The number of hydrogen-bond donors (Lipinski definition) is 0. The van der Waals surface area contributed by atoms with Crippen LogP contribution in [0.5, 0.6) is 0 Å². The van der Waals surface area contributed by atoms with Crippen molar-refractivity contribution in [2.45, 2.75) is 26.2 Å². The Hall–Kier alpha value is -2.27. The van der Waals surface area contributed by atoms with Crippen molar-refractivity contribution < 1.29 is 0 Å². The summed E-state index contributed by atoms with van der Waals surface area (Å²) in [5.41, 5.74) is 3.14. The van der Waals surface area contributed by atoms with Gasteiger partial charge in [-0.25, -0.2) is 9.97 Å². The summed E-state index contributed by atoms with van der Waals surface area (Å²) in [6.07, 6.45) is 7.61. The van der Waals surface area contributed by atoms with Crippen molar-refractivity contribution in [1.82, 2.24) is 15.0 Å². The maximum absolute atomic E-state index is 4.65. The molecule has 4 nitrogen and oxygen atoms in total. The third-order valence-electron chi connectivity index (χ3n) is 4.34. The minimum atomic E-state index is 0.814. The minimum absolute atomic E-state index is 0.814. The zero-order valence-corrected chi connectivity index (χ0v) is 14.6. The van der Waals surface area contributed by atoms with Gasteiger partial charge in [0.1, 0.15) is 11.6 Å². The predicted octanol–water partition coefficient (Wildman–Crippen LogP) is 4.57. The second-order valence-electron chi connectivity index (χ2n) is 6.15. The summed E-state index contributed by atoms with van der Waals surface area (Å²) in [4.78, 5) is 17.3. The van der Waals surface area contributed by atoms with Crippen LogP contribution in [-0.4, -0.2) is 28.0 Å². The summed E-state index contributed by atoms with van der Waals surface area (Å²) in [5, 5.41) is 2.09. The van der Waals surface area contributed by atoms with Gasteiger partial charge < -0.3 is 4.90 Å². The van der Waals surface area contributed by atoms with Crippen molar-refractivity contribution in [2.75, 3.05) is 18.0 Å². The summed E-state index contributed by atoms with van der Waals surface area (Å²) in [5.74, 6) is 1.85. The fourth-order valence-electron chi connectivity index (χ4n) is 3.14. The Labute approximate surface area is 146 Å². The molecule has 0 bridgehead atoms. The first-order valence-corrected chi connectivity index (χ1v) is 9.27. The summed E-state index contributed by atoms with van der Waals surface area (Å²) < 4.78 is 0. The molecular weight excluding hydrogens is 316 g/mol. The third-order valence-corrected chi connectivity index (χ3v) is 5.26. The van der Waals surface area contributed by atoms with E-state index in [4.69, 9.17) is 0 Å². The molecule has 3 aromatic heterocycles. The first-order valence-electron chi connectivity index (χ1n) is 8.39. The number of aryl methyl sites for hydroxylation is 1. The Bertz CT molecular complexity index is 823. The number of anilines is 1. The van der Waals surface area contributed by atoms with E-state index in [2.05, 4.69) is 49.5 Å². The van der Waals surface area contributed by atoms with Crippen molar-refractivity contribution in [3.63, 3.8) is 0 Å². The molecule has 0 radical (unpaired) electrons. The van der Waals surface area contributed by atoms with Crippen LogP contribution in [0.1, 0.15) is 25.1 Å². The topological polar surface area (TPSA) is 41.9 Å². The monoisotopic (exact) mass is 336 g/mol. The number of pyridine rings is 1. The van der Waals surface area contributed by atoms with Crippen LogP contribution in [0.15, 0.2) is 42.0 Å². The van der Waals surface area contributed by atoms with E-state index >= 15 is 0 Å². The SMILES string of the molecule is Cc1nc(-c2cncc(-c3cccs3)c2)cc(N2CCCCC2)n1. The molecule has 0 N–H and O–H groups in total. The average Bonchev–Trinajstić information content (AvgIpc) is 3.17. The molecule has 0 spiro atoms. The van der Waals surface area contributed by atoms with E-state index in [-0.39, 0.29) is 0 Å². The minimum Gasteiger partial charge on any atom is -0.356 e. The van der Waals surface area contributed by atoms with Crippen molar-refractivity contribution in [2.24, 2.45) is 0 Å². The number of aromatic nitrogens is 3. The fourth-order valence-corrected chi connectivity index (χ4v) is 3.85. The Morgan fingerprint density at radius 2 is 1.83 bits per heavy atom. The molecule has 24 heavy (non-hydrogen) atoms. The molecule has 0 saturated carbocycles. The molecule has 1 fully saturated rings. The average molecular weight is 336 g/mol. The van der Waals surface area contributed by atoms with Crippen molar-refractivity contribution in [1.29, 1.82) is 0 Å². The van der Waals surface area contributed by atoms with E-state index in [1.807, 2.05) is 19.3 Å². The Morgan fingerprint density at radius 1 is 1.00 bits per heavy atom. The summed E-state index contributed by atoms with van der Waals surface area (Å²) >= 11 is 1.73. The van der Waals surface area contributed by atoms with Gasteiger partial charge in [-0.1, -0.05) is 6.07 Å². The molecule has 1 aliphatic heterocycles. The number of rotatable bonds is 3. The number of thiophene rings is 1. The second-order valence-corrected chi connectivity index (χ2v) is 7.09. The largest absolute Gasteiger partial charge is 0.356 e. The molecule has 0 amide bonds. The highest BCUT2D eigenvalue weighted by Crippen LogP contribution is 2.29. The highest BCUT2D eigenvalue weighted by atomic mass is 32.1. The molecule has 1 saturated heterocycles. The van der Waals surface area contributed by atoms with Gasteiger partial charge in [0.15, 0.2) is 0 Å². The van der Waals surface area contributed by atoms with E-state index < -0.39 is 0 Å². The number of piperidine rings is 1. The molecule has 0 atom stereocenters. The first-order chi connectivity index (χ1) is 11.8. The van der Waals surface area contributed by atoms with E-state index in [9.17, 15) is 0 Å². The molecule has 0 aliphatic carbocycles. The highest BCUT2D eigenvalue weighted by Gasteiger charge is 2.15. The molecule has 1 aliphatic rings. The van der Waals surface area contributed by atoms with Crippen LogP contribution in [0.3, 0.4) is 0 Å². The van der Waals surface area contributed by atoms with Crippen LogP contribution < -0.4 is 4.90 Å². The third kappa shape index (κ3) is 3.17. The Balaban J connectivity index is 1.71. The molecular formula is C19H20N4S. The normalized spacial score (nSPS) is 14.8. The predicted molar refractivity (Wildman–Crippen MR) is 99.4 cm³/mol. The Morgan fingerprint density at radius 3 is 2.62 bits per heavy atom. The molecule has 5 heteroatoms. The van der Waals surface area contributed by atoms with Crippen LogP contribution in [-0.2, 0) is 0 Å². The highest BCUT2D eigenvalue weighted by molar-refractivity contribution is 7.13. The first kappa shape index (κ1) is 15.3. The smallest absolute Gasteiger partial charge is 0.132 e. The van der Waals surface area contributed by atoms with Crippen molar-refractivity contribution in [3.05, 3.63) is 47.9 Å². The quantitative estimate of drug-likeness (QED) is 0.703. The van der Waals surface area contributed by atoms with Crippen molar-refractivity contribution >= 4 is 17.2 Å². The number of nitrogens with zero attached hydrogens (tertiary/aromatic N) is 4. The molecule has 0 unspecified atom stereocenters. The molecule has 3 aromatic rings. The molecule has 4 rings (SSSR count). The van der Waals surface area contributed by atoms with E-state index in [1.165, 1.54) is 24.1 Å². The van der Waals surface area contributed by atoms with Gasteiger partial charge in [-0.15, -0.1) is 11.3 Å². The van der Waals surface area contributed by atoms with Gasteiger partial charge >= 0.3 is 0 Å². The van der Waals surface area contributed by atoms with Crippen LogP contribution >= 0.6 is 11.3 Å². The maximum Gasteiger partial charge on any atom is 0.132 e. The Kier molecular flexibility index (Phi) is 4.26. The van der Waals surface area contributed by atoms with Crippen LogP contribution in [0.4, 0.5) is 5.82 Å². The van der Waals surface area contributed by atoms with Crippen LogP contribution in [0.2, 0.25) is 0 Å². The fraction of sp³-hybridized carbons (Fsp3) is 0.316. The van der Waals surface area contributed by atoms with Gasteiger partial charge in [0.05, 0.1) is 5.69 Å². The lowest BCUT2D eigenvalue weighted by molar-refractivity contribution is 0.572. The lowest BCUT2D eigenvalue weighted by Crippen LogP contribution is -2.30. The van der Waals surface area contributed by atoms with Crippen LogP contribution in [0, 0.1) is 6.92 Å².